The minimum absolute atomic E-state index is 0.0209. The number of hydrogen-bond acceptors (Lipinski definition) is 4. The first kappa shape index (κ1) is 28.1. The first-order chi connectivity index (χ1) is 19.8. The van der Waals surface area contributed by atoms with Crippen molar-refractivity contribution in [1.82, 2.24) is 4.90 Å². The lowest BCUT2D eigenvalue weighted by Gasteiger charge is -2.45. The van der Waals surface area contributed by atoms with Gasteiger partial charge in [-0.2, -0.15) is 0 Å². The van der Waals surface area contributed by atoms with Crippen LogP contribution in [0.2, 0.25) is 0 Å². The van der Waals surface area contributed by atoms with Crippen molar-refractivity contribution in [2.24, 2.45) is 5.41 Å². The summed E-state index contributed by atoms with van der Waals surface area (Å²) in [4.78, 5) is 16.4. The van der Waals surface area contributed by atoms with Crippen molar-refractivity contribution < 1.29 is 15.0 Å². The molecule has 0 amide bonds. The molecule has 0 spiro atoms. The largest absolute Gasteiger partial charge is 0.393 e. The van der Waals surface area contributed by atoms with Crippen molar-refractivity contribution >= 4 is 5.78 Å². The van der Waals surface area contributed by atoms with Crippen LogP contribution in [0.15, 0.2) is 84.4 Å². The van der Waals surface area contributed by atoms with E-state index in [2.05, 4.69) is 61.2 Å². The molecular formula is C37H43NO3. The van der Waals surface area contributed by atoms with E-state index >= 15 is 0 Å². The maximum Gasteiger partial charge on any atom is 0.193 e. The zero-order valence-corrected chi connectivity index (χ0v) is 24.5. The number of nitrogens with zero attached hydrogens (tertiary/aromatic N) is 1. The molecule has 0 saturated heterocycles. The van der Waals surface area contributed by atoms with E-state index in [0.717, 1.165) is 55.5 Å². The van der Waals surface area contributed by atoms with Gasteiger partial charge in [0.1, 0.15) is 0 Å². The fourth-order valence-corrected chi connectivity index (χ4v) is 7.83. The molecule has 1 heterocycles. The fourth-order valence-electron chi connectivity index (χ4n) is 7.83. The second-order valence-corrected chi connectivity index (χ2v) is 13.1. The summed E-state index contributed by atoms with van der Waals surface area (Å²) in [6.45, 7) is 6.80. The number of carbonyl (C=O) groups excluding carboxylic acids is 1. The van der Waals surface area contributed by atoms with E-state index in [9.17, 15) is 15.0 Å². The summed E-state index contributed by atoms with van der Waals surface area (Å²) >= 11 is 0. The van der Waals surface area contributed by atoms with Gasteiger partial charge in [-0.05, 0) is 86.1 Å². The molecule has 1 fully saturated rings. The van der Waals surface area contributed by atoms with Crippen LogP contribution in [0, 0.1) is 5.41 Å². The first-order valence-corrected chi connectivity index (χ1v) is 15.3. The Hall–Kier alpha value is -3.05. The van der Waals surface area contributed by atoms with Crippen molar-refractivity contribution in [1.29, 1.82) is 0 Å². The van der Waals surface area contributed by atoms with Gasteiger partial charge in [-0.1, -0.05) is 85.3 Å². The highest BCUT2D eigenvalue weighted by atomic mass is 16.3. The molecule has 4 nitrogen and oxygen atoms in total. The number of ketones is 1. The van der Waals surface area contributed by atoms with Crippen LogP contribution in [0.4, 0.5) is 0 Å². The zero-order chi connectivity index (χ0) is 28.6. The third kappa shape index (κ3) is 5.46. The number of benzene rings is 3. The molecule has 4 heteroatoms. The molecule has 4 unspecified atom stereocenters. The summed E-state index contributed by atoms with van der Waals surface area (Å²) < 4.78 is 0. The van der Waals surface area contributed by atoms with Crippen LogP contribution in [0.1, 0.15) is 96.5 Å². The van der Waals surface area contributed by atoms with Crippen LogP contribution in [-0.2, 0) is 19.5 Å². The van der Waals surface area contributed by atoms with Gasteiger partial charge in [0, 0.05) is 36.2 Å². The summed E-state index contributed by atoms with van der Waals surface area (Å²) in [7, 11) is 0. The molecule has 41 heavy (non-hydrogen) atoms. The Balaban J connectivity index is 1.41. The lowest BCUT2D eigenvalue weighted by Crippen LogP contribution is -2.51. The van der Waals surface area contributed by atoms with Crippen molar-refractivity contribution in [3.8, 4) is 0 Å². The molecule has 7 rings (SSSR count). The second-order valence-electron chi connectivity index (χ2n) is 13.1. The maximum atomic E-state index is 14.0. The van der Waals surface area contributed by atoms with Gasteiger partial charge in [-0.15, -0.1) is 0 Å². The molecule has 0 radical (unpaired) electrons. The summed E-state index contributed by atoms with van der Waals surface area (Å²) in [6.07, 6.45) is 7.21. The van der Waals surface area contributed by atoms with E-state index in [1.165, 1.54) is 16.7 Å². The molecular weight excluding hydrogens is 506 g/mol. The summed E-state index contributed by atoms with van der Waals surface area (Å²) in [5.74, 6) is 0.0725. The Kier molecular flexibility index (Phi) is 7.76. The number of fused-ring (bicyclic) bond motifs is 9. The van der Waals surface area contributed by atoms with Crippen molar-refractivity contribution in [3.05, 3.63) is 118 Å². The third-order valence-corrected chi connectivity index (χ3v) is 10.3. The monoisotopic (exact) mass is 549 g/mol. The van der Waals surface area contributed by atoms with Crippen LogP contribution in [0.5, 0.6) is 0 Å². The second kappa shape index (κ2) is 11.3. The van der Waals surface area contributed by atoms with Crippen LogP contribution in [-0.4, -0.2) is 39.1 Å². The standard InChI is InChI=1S/C37H43NO3/c1-26-9-8-19-36(2)34(18-20-37(36,41)25-38-23-29-12-6-7-13-30(29)24-38)32-17-15-27(21-31(39)16-14-26)22-33(32)35(40)28-10-4-3-5-11-28/h3-7,9-13,15,17,22,31,34,39,41H,8,14,16,18-21,23-25H2,1-2H3. The molecule has 4 atom stereocenters. The van der Waals surface area contributed by atoms with Crippen molar-refractivity contribution in [2.75, 3.05) is 6.54 Å². The van der Waals surface area contributed by atoms with Gasteiger partial charge in [0.05, 0.1) is 11.7 Å². The van der Waals surface area contributed by atoms with E-state index in [4.69, 9.17) is 0 Å². The summed E-state index contributed by atoms with van der Waals surface area (Å²) in [5, 5.41) is 23.4. The molecule has 3 aromatic carbocycles. The van der Waals surface area contributed by atoms with Crippen LogP contribution in [0.3, 0.4) is 0 Å². The summed E-state index contributed by atoms with van der Waals surface area (Å²) in [5.41, 5.74) is 6.15. The molecule has 3 aliphatic carbocycles. The Morgan fingerprint density at radius 1 is 0.951 bits per heavy atom. The number of rotatable bonds is 4. The van der Waals surface area contributed by atoms with Gasteiger partial charge in [-0.3, -0.25) is 9.69 Å². The zero-order valence-electron chi connectivity index (χ0n) is 24.5. The molecule has 214 valence electrons. The van der Waals surface area contributed by atoms with E-state index < -0.39 is 17.1 Å². The SMILES string of the molecule is CC1=CCCC2(C)C(CCC2(O)CN2Cc3ccccc3C2)c2ccc(cc2C(=O)c2ccccc2)CC(O)CC1. The summed E-state index contributed by atoms with van der Waals surface area (Å²) in [6, 6.07) is 24.4. The minimum atomic E-state index is -0.875. The molecule has 2 bridgehead atoms. The molecule has 1 aliphatic heterocycles. The maximum absolute atomic E-state index is 14.0. The van der Waals surface area contributed by atoms with Crippen LogP contribution < -0.4 is 0 Å². The first-order valence-electron chi connectivity index (χ1n) is 15.3. The number of carbonyl (C=O) groups is 1. The van der Waals surface area contributed by atoms with Gasteiger partial charge in [-0.25, -0.2) is 0 Å². The number of hydrogen-bond donors (Lipinski definition) is 2. The predicted octanol–water partition coefficient (Wildman–Crippen LogP) is 6.97. The predicted molar refractivity (Wildman–Crippen MR) is 164 cm³/mol. The number of allylic oxidation sites excluding steroid dienone is 2. The lowest BCUT2D eigenvalue weighted by molar-refractivity contribution is -0.0845. The number of aliphatic hydroxyl groups is 2. The Labute approximate surface area is 244 Å². The van der Waals surface area contributed by atoms with E-state index in [1.807, 2.05) is 36.4 Å². The Morgan fingerprint density at radius 2 is 1.66 bits per heavy atom. The highest BCUT2D eigenvalue weighted by Gasteiger charge is 2.57. The van der Waals surface area contributed by atoms with Gasteiger partial charge >= 0.3 is 0 Å². The Morgan fingerprint density at radius 3 is 2.39 bits per heavy atom. The van der Waals surface area contributed by atoms with Crippen LogP contribution >= 0.6 is 0 Å². The quantitative estimate of drug-likeness (QED) is 0.273. The molecule has 4 aliphatic rings. The molecule has 2 N–H and O–H groups in total. The molecule has 0 aromatic heterocycles. The normalized spacial score (nSPS) is 28.5. The van der Waals surface area contributed by atoms with Gasteiger partial charge in [0.25, 0.3) is 0 Å². The van der Waals surface area contributed by atoms with Crippen LogP contribution in [0.25, 0.3) is 0 Å². The highest BCUT2D eigenvalue weighted by molar-refractivity contribution is 6.10. The van der Waals surface area contributed by atoms with Gasteiger partial charge in [0.15, 0.2) is 5.78 Å². The Bertz CT molecular complexity index is 1420. The van der Waals surface area contributed by atoms with E-state index in [1.54, 1.807) is 0 Å². The van der Waals surface area contributed by atoms with E-state index in [0.29, 0.717) is 31.4 Å². The smallest absolute Gasteiger partial charge is 0.193 e. The fraction of sp³-hybridized carbons (Fsp3) is 0.432. The van der Waals surface area contributed by atoms with Crippen molar-refractivity contribution in [2.45, 2.75) is 89.5 Å². The van der Waals surface area contributed by atoms with Gasteiger partial charge in [0.2, 0.25) is 0 Å². The molecule has 3 aromatic rings. The average molecular weight is 550 g/mol. The highest BCUT2D eigenvalue weighted by Crippen LogP contribution is 2.59. The van der Waals surface area contributed by atoms with Gasteiger partial charge < -0.3 is 10.2 Å². The average Bonchev–Trinajstić information content (AvgIpc) is 3.49. The molecule has 1 saturated carbocycles. The topological polar surface area (TPSA) is 60.8 Å². The minimum Gasteiger partial charge on any atom is -0.393 e. The third-order valence-electron chi connectivity index (χ3n) is 10.3. The number of aliphatic hydroxyl groups excluding tert-OH is 1. The lowest BCUT2D eigenvalue weighted by atomic mass is 9.64. The van der Waals surface area contributed by atoms with Crippen molar-refractivity contribution in [3.63, 3.8) is 0 Å². The van der Waals surface area contributed by atoms with E-state index in [-0.39, 0.29) is 11.7 Å². The number of β-amino-alcohol motifs (C(OH)–C–C–N with tert-alkyl or cyclic N) is 1.